The van der Waals surface area contributed by atoms with Crippen LogP contribution in [0.15, 0.2) is 30.3 Å². The number of fused-ring (bicyclic) bond motifs is 1. The van der Waals surface area contributed by atoms with Crippen molar-refractivity contribution in [1.82, 2.24) is 4.90 Å². The number of ether oxygens (including phenoxy) is 2. The number of esters is 1. The lowest BCUT2D eigenvalue weighted by Gasteiger charge is -2.44. The van der Waals surface area contributed by atoms with Gasteiger partial charge in [-0.3, -0.25) is 4.90 Å². The van der Waals surface area contributed by atoms with E-state index in [-0.39, 0.29) is 5.97 Å². The Morgan fingerprint density at radius 1 is 1.17 bits per heavy atom. The van der Waals surface area contributed by atoms with Gasteiger partial charge in [0.1, 0.15) is 5.75 Å². The molecule has 3 rings (SSSR count). The second kappa shape index (κ2) is 8.52. The standard InChI is InChI=1S/C20H29NO3/c1-2-19(24-17-10-4-3-5-11-17)20(22)23-15-16-9-8-14-21-13-7-6-12-18(16)21/h3-5,10-11,16,18-19H,2,6-9,12-15H2,1H3. The van der Waals surface area contributed by atoms with Crippen LogP contribution in [0.5, 0.6) is 5.75 Å². The molecule has 0 N–H and O–H groups in total. The molecule has 0 spiro atoms. The molecule has 2 aliphatic rings. The summed E-state index contributed by atoms with van der Waals surface area (Å²) >= 11 is 0. The number of rotatable bonds is 6. The van der Waals surface area contributed by atoms with Crippen molar-refractivity contribution in [2.45, 2.75) is 57.6 Å². The number of carbonyl (C=O) groups is 1. The molecule has 0 aromatic heterocycles. The van der Waals surface area contributed by atoms with Gasteiger partial charge in [-0.1, -0.05) is 31.5 Å². The van der Waals surface area contributed by atoms with E-state index in [1.807, 2.05) is 37.3 Å². The van der Waals surface area contributed by atoms with Gasteiger partial charge in [0.05, 0.1) is 6.61 Å². The molecule has 0 bridgehead atoms. The number of hydrogen-bond donors (Lipinski definition) is 0. The number of nitrogens with zero attached hydrogens (tertiary/aromatic N) is 1. The van der Waals surface area contributed by atoms with Gasteiger partial charge in [-0.15, -0.1) is 0 Å². The third kappa shape index (κ3) is 4.29. The van der Waals surface area contributed by atoms with E-state index < -0.39 is 6.10 Å². The highest BCUT2D eigenvalue weighted by molar-refractivity contribution is 5.75. The van der Waals surface area contributed by atoms with Crippen LogP contribution in [0.4, 0.5) is 0 Å². The minimum absolute atomic E-state index is 0.228. The molecular formula is C20H29NO3. The molecule has 4 heteroatoms. The Morgan fingerprint density at radius 2 is 1.96 bits per heavy atom. The molecule has 132 valence electrons. The van der Waals surface area contributed by atoms with Gasteiger partial charge in [-0.05, 0) is 57.3 Å². The van der Waals surface area contributed by atoms with E-state index in [4.69, 9.17) is 9.47 Å². The second-order valence-corrected chi connectivity index (χ2v) is 6.96. The third-order valence-corrected chi connectivity index (χ3v) is 5.32. The maximum atomic E-state index is 12.4. The molecule has 0 aliphatic carbocycles. The van der Waals surface area contributed by atoms with E-state index in [1.165, 1.54) is 45.2 Å². The molecule has 4 nitrogen and oxygen atoms in total. The predicted octanol–water partition coefficient (Wildman–Crippen LogP) is 3.65. The summed E-state index contributed by atoms with van der Waals surface area (Å²) in [7, 11) is 0. The Labute approximate surface area is 145 Å². The summed E-state index contributed by atoms with van der Waals surface area (Å²) in [6, 6.07) is 10.1. The minimum Gasteiger partial charge on any atom is -0.479 e. The molecule has 2 aliphatic heterocycles. The zero-order chi connectivity index (χ0) is 16.8. The van der Waals surface area contributed by atoms with Crippen molar-refractivity contribution < 1.29 is 14.3 Å². The molecule has 3 unspecified atom stereocenters. The molecule has 1 aromatic rings. The SMILES string of the molecule is CCC(Oc1ccccc1)C(=O)OCC1CCCN2CCCCC12. The molecule has 0 radical (unpaired) electrons. The Bertz CT molecular complexity index is 517. The molecule has 3 atom stereocenters. The Morgan fingerprint density at radius 3 is 2.75 bits per heavy atom. The van der Waals surface area contributed by atoms with Gasteiger partial charge in [0, 0.05) is 12.0 Å². The van der Waals surface area contributed by atoms with E-state index in [1.54, 1.807) is 0 Å². The van der Waals surface area contributed by atoms with Crippen LogP contribution in [0.25, 0.3) is 0 Å². The Balaban J connectivity index is 1.51. The van der Waals surface area contributed by atoms with Gasteiger partial charge >= 0.3 is 5.97 Å². The quantitative estimate of drug-likeness (QED) is 0.746. The third-order valence-electron chi connectivity index (χ3n) is 5.32. The maximum absolute atomic E-state index is 12.4. The molecule has 2 saturated heterocycles. The van der Waals surface area contributed by atoms with Gasteiger partial charge in [-0.25, -0.2) is 4.79 Å². The van der Waals surface area contributed by atoms with Gasteiger partial charge in [0.25, 0.3) is 0 Å². The molecule has 2 heterocycles. The number of carbonyl (C=O) groups excluding carboxylic acids is 1. The van der Waals surface area contributed by atoms with Crippen LogP contribution in [0.3, 0.4) is 0 Å². The number of para-hydroxylation sites is 1. The fourth-order valence-corrected chi connectivity index (χ4v) is 4.02. The summed E-state index contributed by atoms with van der Waals surface area (Å²) in [5.74, 6) is 0.976. The number of benzene rings is 1. The summed E-state index contributed by atoms with van der Waals surface area (Å²) in [6.45, 7) is 4.92. The first-order valence-electron chi connectivity index (χ1n) is 9.40. The first-order chi connectivity index (χ1) is 11.8. The monoisotopic (exact) mass is 331 g/mol. The summed E-state index contributed by atoms with van der Waals surface area (Å²) in [4.78, 5) is 15.0. The van der Waals surface area contributed by atoms with Crippen molar-refractivity contribution in [3.63, 3.8) is 0 Å². The lowest BCUT2D eigenvalue weighted by Crippen LogP contribution is -2.49. The van der Waals surface area contributed by atoms with E-state index in [0.29, 0.717) is 25.0 Å². The van der Waals surface area contributed by atoms with Crippen LogP contribution in [0.2, 0.25) is 0 Å². The van der Waals surface area contributed by atoms with E-state index >= 15 is 0 Å². The van der Waals surface area contributed by atoms with Crippen LogP contribution in [-0.2, 0) is 9.53 Å². The Kier molecular flexibility index (Phi) is 6.13. The summed E-state index contributed by atoms with van der Waals surface area (Å²) < 4.78 is 11.5. The molecule has 0 saturated carbocycles. The highest BCUT2D eigenvalue weighted by atomic mass is 16.6. The lowest BCUT2D eigenvalue weighted by atomic mass is 9.84. The Hall–Kier alpha value is -1.55. The fourth-order valence-electron chi connectivity index (χ4n) is 4.02. The van der Waals surface area contributed by atoms with Crippen molar-refractivity contribution in [2.24, 2.45) is 5.92 Å². The van der Waals surface area contributed by atoms with Gasteiger partial charge in [-0.2, -0.15) is 0 Å². The average molecular weight is 331 g/mol. The molecule has 1 aromatic carbocycles. The van der Waals surface area contributed by atoms with Gasteiger partial charge in [0.2, 0.25) is 0 Å². The minimum atomic E-state index is -0.515. The number of piperidine rings is 2. The van der Waals surface area contributed by atoms with E-state index in [2.05, 4.69) is 4.90 Å². The summed E-state index contributed by atoms with van der Waals surface area (Å²) in [5.41, 5.74) is 0. The van der Waals surface area contributed by atoms with Crippen LogP contribution in [0.1, 0.15) is 45.4 Å². The van der Waals surface area contributed by atoms with Crippen LogP contribution in [0, 0.1) is 5.92 Å². The van der Waals surface area contributed by atoms with Crippen LogP contribution in [-0.4, -0.2) is 42.7 Å². The highest BCUT2D eigenvalue weighted by Gasteiger charge is 2.34. The zero-order valence-corrected chi connectivity index (χ0v) is 14.7. The van der Waals surface area contributed by atoms with Crippen molar-refractivity contribution in [1.29, 1.82) is 0 Å². The van der Waals surface area contributed by atoms with Crippen molar-refractivity contribution in [3.05, 3.63) is 30.3 Å². The molecule has 0 amide bonds. The average Bonchev–Trinajstić information content (AvgIpc) is 2.65. The van der Waals surface area contributed by atoms with Crippen molar-refractivity contribution >= 4 is 5.97 Å². The molecule has 2 fully saturated rings. The number of hydrogen-bond acceptors (Lipinski definition) is 4. The van der Waals surface area contributed by atoms with E-state index in [9.17, 15) is 4.79 Å². The first kappa shape index (κ1) is 17.3. The largest absolute Gasteiger partial charge is 0.479 e. The maximum Gasteiger partial charge on any atom is 0.347 e. The highest BCUT2D eigenvalue weighted by Crippen LogP contribution is 2.31. The van der Waals surface area contributed by atoms with Crippen molar-refractivity contribution in [2.75, 3.05) is 19.7 Å². The zero-order valence-electron chi connectivity index (χ0n) is 14.7. The predicted molar refractivity (Wildman–Crippen MR) is 94.0 cm³/mol. The fraction of sp³-hybridized carbons (Fsp3) is 0.650. The van der Waals surface area contributed by atoms with E-state index in [0.717, 1.165) is 5.75 Å². The van der Waals surface area contributed by atoms with Crippen LogP contribution < -0.4 is 4.74 Å². The lowest BCUT2D eigenvalue weighted by molar-refractivity contribution is -0.155. The van der Waals surface area contributed by atoms with Crippen LogP contribution >= 0.6 is 0 Å². The van der Waals surface area contributed by atoms with Gasteiger partial charge < -0.3 is 9.47 Å². The molecule has 24 heavy (non-hydrogen) atoms. The molecular weight excluding hydrogens is 302 g/mol. The summed E-state index contributed by atoms with van der Waals surface area (Å²) in [5, 5.41) is 0. The van der Waals surface area contributed by atoms with Crippen molar-refractivity contribution in [3.8, 4) is 5.75 Å². The van der Waals surface area contributed by atoms with Gasteiger partial charge in [0.15, 0.2) is 6.10 Å². The second-order valence-electron chi connectivity index (χ2n) is 6.96. The summed E-state index contributed by atoms with van der Waals surface area (Å²) in [6.07, 6.45) is 6.36. The smallest absolute Gasteiger partial charge is 0.347 e. The first-order valence-corrected chi connectivity index (χ1v) is 9.40. The normalized spacial score (nSPS) is 25.5. The topological polar surface area (TPSA) is 38.8 Å².